The van der Waals surface area contributed by atoms with Gasteiger partial charge in [0.2, 0.25) is 5.91 Å². The fourth-order valence-corrected chi connectivity index (χ4v) is 4.99. The maximum atomic E-state index is 14.1. The molecular formula is C21H19FN4O6S. The van der Waals surface area contributed by atoms with E-state index in [1.807, 2.05) is 0 Å². The number of ether oxygens (including phenoxy) is 2. The van der Waals surface area contributed by atoms with Crippen LogP contribution in [-0.2, 0) is 27.9 Å². The molecule has 12 heteroatoms. The van der Waals surface area contributed by atoms with Crippen molar-refractivity contribution in [2.75, 3.05) is 19.8 Å². The zero-order valence-corrected chi connectivity index (χ0v) is 18.0. The summed E-state index contributed by atoms with van der Waals surface area (Å²) in [5, 5.41) is 13.9. The van der Waals surface area contributed by atoms with Crippen LogP contribution in [0.1, 0.15) is 22.7 Å². The number of rotatable bonds is 5. The van der Waals surface area contributed by atoms with E-state index in [0.29, 0.717) is 24.5 Å². The van der Waals surface area contributed by atoms with E-state index in [-0.39, 0.29) is 35.2 Å². The Labute approximate surface area is 188 Å². The third-order valence-corrected chi connectivity index (χ3v) is 7.05. The van der Waals surface area contributed by atoms with Gasteiger partial charge in [0, 0.05) is 29.9 Å². The van der Waals surface area contributed by atoms with Gasteiger partial charge in [0.25, 0.3) is 15.9 Å². The van der Waals surface area contributed by atoms with Crippen LogP contribution in [-0.4, -0.2) is 58.3 Å². The van der Waals surface area contributed by atoms with Gasteiger partial charge in [-0.05, 0) is 6.07 Å². The van der Waals surface area contributed by atoms with E-state index in [9.17, 15) is 22.7 Å². The molecule has 33 heavy (non-hydrogen) atoms. The van der Waals surface area contributed by atoms with Gasteiger partial charge in [0.15, 0.2) is 5.75 Å². The van der Waals surface area contributed by atoms with Gasteiger partial charge in [-0.25, -0.2) is 9.37 Å². The minimum Gasteiger partial charge on any atom is -0.484 e. The van der Waals surface area contributed by atoms with E-state index in [0.717, 1.165) is 4.09 Å². The molecule has 0 saturated heterocycles. The largest absolute Gasteiger partial charge is 0.484 e. The molecule has 4 heterocycles. The maximum Gasteiger partial charge on any atom is 0.284 e. The number of hydrogen-bond acceptors (Lipinski definition) is 8. The van der Waals surface area contributed by atoms with Crippen LogP contribution in [0.15, 0.2) is 47.6 Å². The van der Waals surface area contributed by atoms with Crippen molar-refractivity contribution in [3.8, 4) is 11.6 Å². The Balaban J connectivity index is 1.36. The van der Waals surface area contributed by atoms with Crippen LogP contribution in [0.5, 0.6) is 11.6 Å². The second-order valence-corrected chi connectivity index (χ2v) is 9.40. The SMILES string of the molecule is O=C(C(CO)c1ccccc1F)N1Cc2cn(S(=O)(=O)c3cnc4c(c3)OCCO4)nc2C1. The van der Waals surface area contributed by atoms with Crippen molar-refractivity contribution in [2.24, 2.45) is 0 Å². The molecule has 0 aliphatic carbocycles. The summed E-state index contributed by atoms with van der Waals surface area (Å²) in [4.78, 5) is 18.2. The normalized spacial score (nSPS) is 15.9. The number of aliphatic hydroxyl groups is 1. The van der Waals surface area contributed by atoms with Crippen molar-refractivity contribution >= 4 is 15.9 Å². The lowest BCUT2D eigenvalue weighted by Crippen LogP contribution is -2.33. The van der Waals surface area contributed by atoms with Crippen molar-refractivity contribution in [1.82, 2.24) is 19.1 Å². The van der Waals surface area contributed by atoms with Crippen LogP contribution in [0.3, 0.4) is 0 Å². The Kier molecular flexibility index (Phi) is 5.25. The molecular weight excluding hydrogens is 455 g/mol. The molecule has 5 rings (SSSR count). The molecule has 1 aromatic carbocycles. The number of nitrogens with zero attached hydrogens (tertiary/aromatic N) is 4. The van der Waals surface area contributed by atoms with Gasteiger partial charge in [-0.15, -0.1) is 0 Å². The summed E-state index contributed by atoms with van der Waals surface area (Å²) in [5.74, 6) is -1.64. The molecule has 2 aliphatic rings. The molecule has 1 atom stereocenters. The Morgan fingerprint density at radius 2 is 2.00 bits per heavy atom. The minimum atomic E-state index is -4.04. The number of fused-ring (bicyclic) bond motifs is 2. The summed E-state index contributed by atoms with van der Waals surface area (Å²) in [6, 6.07) is 7.11. The Morgan fingerprint density at radius 3 is 2.76 bits per heavy atom. The predicted molar refractivity (Wildman–Crippen MR) is 111 cm³/mol. The molecule has 0 spiro atoms. The van der Waals surface area contributed by atoms with Crippen LogP contribution >= 0.6 is 0 Å². The van der Waals surface area contributed by atoms with Gasteiger partial charge < -0.3 is 19.5 Å². The van der Waals surface area contributed by atoms with E-state index >= 15 is 0 Å². The fraction of sp³-hybridized carbons (Fsp3) is 0.286. The smallest absolute Gasteiger partial charge is 0.284 e. The van der Waals surface area contributed by atoms with Crippen LogP contribution in [0.2, 0.25) is 0 Å². The first kappa shape index (κ1) is 21.3. The van der Waals surface area contributed by atoms with Crippen molar-refractivity contribution < 1.29 is 32.2 Å². The third-order valence-electron chi connectivity index (χ3n) is 5.55. The topological polar surface area (TPSA) is 124 Å². The summed E-state index contributed by atoms with van der Waals surface area (Å²) in [6.45, 7) is 0.204. The molecule has 1 N–H and O–H groups in total. The fourth-order valence-electron chi connectivity index (χ4n) is 3.86. The average Bonchev–Trinajstić information content (AvgIpc) is 3.40. The number of aliphatic hydroxyl groups excluding tert-OH is 1. The Morgan fingerprint density at radius 1 is 1.21 bits per heavy atom. The maximum absolute atomic E-state index is 14.1. The Bertz CT molecular complexity index is 1320. The Hall–Kier alpha value is -3.51. The quantitative estimate of drug-likeness (QED) is 0.582. The molecule has 1 unspecified atom stereocenters. The van der Waals surface area contributed by atoms with Crippen molar-refractivity contribution in [3.63, 3.8) is 0 Å². The lowest BCUT2D eigenvalue weighted by Gasteiger charge is -2.22. The lowest BCUT2D eigenvalue weighted by molar-refractivity contribution is -0.134. The number of carbonyl (C=O) groups is 1. The van der Waals surface area contributed by atoms with E-state index < -0.39 is 34.3 Å². The first-order chi connectivity index (χ1) is 15.9. The van der Waals surface area contributed by atoms with Gasteiger partial charge in [-0.3, -0.25) is 4.79 Å². The molecule has 172 valence electrons. The number of benzene rings is 1. The van der Waals surface area contributed by atoms with Crippen molar-refractivity contribution in [2.45, 2.75) is 23.9 Å². The number of halogens is 1. The number of amides is 1. The zero-order valence-electron chi connectivity index (χ0n) is 17.2. The lowest BCUT2D eigenvalue weighted by atomic mass is 9.98. The molecule has 0 radical (unpaired) electrons. The monoisotopic (exact) mass is 474 g/mol. The van der Waals surface area contributed by atoms with Crippen molar-refractivity contribution in [3.05, 3.63) is 65.4 Å². The highest BCUT2D eigenvalue weighted by molar-refractivity contribution is 7.89. The molecule has 3 aromatic rings. The predicted octanol–water partition coefficient (Wildman–Crippen LogP) is 1.04. The summed E-state index contributed by atoms with van der Waals surface area (Å²) in [6.07, 6.45) is 2.51. The third kappa shape index (κ3) is 3.70. The van der Waals surface area contributed by atoms with E-state index in [1.165, 1.54) is 41.6 Å². The average molecular weight is 474 g/mol. The van der Waals surface area contributed by atoms with Gasteiger partial charge in [0.05, 0.1) is 31.0 Å². The summed E-state index contributed by atoms with van der Waals surface area (Å²) < 4.78 is 51.8. The minimum absolute atomic E-state index is 0.0427. The molecule has 0 saturated carbocycles. The van der Waals surface area contributed by atoms with Crippen molar-refractivity contribution in [1.29, 1.82) is 0 Å². The highest BCUT2D eigenvalue weighted by Crippen LogP contribution is 2.32. The molecule has 2 aromatic heterocycles. The van der Waals surface area contributed by atoms with Crippen LogP contribution in [0.4, 0.5) is 4.39 Å². The summed E-state index contributed by atoms with van der Waals surface area (Å²) in [7, 11) is -4.04. The van der Waals surface area contributed by atoms with Gasteiger partial charge in [-0.1, -0.05) is 18.2 Å². The first-order valence-corrected chi connectivity index (χ1v) is 11.5. The number of aromatic nitrogens is 3. The molecule has 0 fully saturated rings. The van der Waals surface area contributed by atoms with E-state index in [2.05, 4.69) is 10.1 Å². The van der Waals surface area contributed by atoms with E-state index in [4.69, 9.17) is 9.47 Å². The summed E-state index contributed by atoms with van der Waals surface area (Å²) in [5.41, 5.74) is 1.05. The first-order valence-electron chi connectivity index (χ1n) is 10.1. The van der Waals surface area contributed by atoms with Crippen LogP contribution in [0.25, 0.3) is 0 Å². The van der Waals surface area contributed by atoms with E-state index in [1.54, 1.807) is 6.07 Å². The van der Waals surface area contributed by atoms with Gasteiger partial charge in [-0.2, -0.15) is 17.6 Å². The molecule has 1 amide bonds. The van der Waals surface area contributed by atoms with Crippen LogP contribution < -0.4 is 9.47 Å². The van der Waals surface area contributed by atoms with Crippen LogP contribution in [0, 0.1) is 5.82 Å². The molecule has 2 aliphatic heterocycles. The number of hydrogen-bond donors (Lipinski definition) is 1. The summed E-state index contributed by atoms with van der Waals surface area (Å²) >= 11 is 0. The van der Waals surface area contributed by atoms with Gasteiger partial charge in [0.1, 0.15) is 23.9 Å². The highest BCUT2D eigenvalue weighted by Gasteiger charge is 2.34. The zero-order chi connectivity index (χ0) is 23.2. The molecule has 10 nitrogen and oxygen atoms in total. The second-order valence-electron chi connectivity index (χ2n) is 7.60. The molecule has 0 bridgehead atoms. The highest BCUT2D eigenvalue weighted by atomic mass is 32.2. The second kappa shape index (κ2) is 8.12. The number of pyridine rings is 1. The van der Waals surface area contributed by atoms with Gasteiger partial charge >= 0.3 is 0 Å². The number of carbonyl (C=O) groups excluding carboxylic acids is 1. The standard InChI is InChI=1S/C21H19FN4O6S/c22-17-4-2-1-3-15(17)16(12-27)21(28)25-9-13-10-26(24-18(13)11-25)33(29,30)14-7-19-20(23-8-14)32-6-5-31-19/h1-4,7-8,10,16,27H,5-6,9,11-12H2.